The van der Waals surface area contributed by atoms with Crippen molar-refractivity contribution in [3.05, 3.63) is 58.5 Å². The molecule has 0 aliphatic carbocycles. The minimum Gasteiger partial charge on any atom is -0.480 e. The average molecular weight is 287 g/mol. The van der Waals surface area contributed by atoms with Crippen molar-refractivity contribution in [1.29, 1.82) is 0 Å². The molecule has 0 fully saturated rings. The smallest absolute Gasteiger partial charge is 0.323 e. The number of hydrogen-bond donors (Lipinski definition) is 3. The van der Waals surface area contributed by atoms with Gasteiger partial charge in [0.05, 0.1) is 11.4 Å². The lowest BCUT2D eigenvalue weighted by Gasteiger charge is -2.22. The summed E-state index contributed by atoms with van der Waals surface area (Å²) in [6.45, 7) is -0.556. The second-order valence-corrected chi connectivity index (χ2v) is 4.29. The largest absolute Gasteiger partial charge is 0.480 e. The van der Waals surface area contributed by atoms with Crippen LogP contribution in [-0.2, 0) is 4.79 Å². The third kappa shape index (κ3) is 3.27. The number of benzene rings is 1. The van der Waals surface area contributed by atoms with Crippen molar-refractivity contribution in [2.75, 3.05) is 17.2 Å². The molecule has 108 valence electrons. The number of pyridine rings is 1. The normalized spacial score (nSPS) is 10.1. The molecule has 0 aliphatic rings. The van der Waals surface area contributed by atoms with Crippen molar-refractivity contribution in [3.8, 4) is 0 Å². The average Bonchev–Trinajstić information content (AvgIpc) is 2.45. The minimum atomic E-state index is -1.18. The van der Waals surface area contributed by atoms with Crippen LogP contribution >= 0.6 is 0 Å². The standard InChI is InChI=1S/C14H13N3O4/c15-10-3-1-2-4-11(10)17(8-13(19)20)14(21)9-5-6-16-12(18)7-9/h1-7H,8,15H2,(H,16,18)(H,19,20). The van der Waals surface area contributed by atoms with Gasteiger partial charge < -0.3 is 15.8 Å². The van der Waals surface area contributed by atoms with E-state index < -0.39 is 24.0 Å². The molecule has 7 heteroatoms. The number of carboxylic acids is 1. The van der Waals surface area contributed by atoms with Gasteiger partial charge in [-0.1, -0.05) is 12.1 Å². The van der Waals surface area contributed by atoms with E-state index in [1.54, 1.807) is 24.3 Å². The van der Waals surface area contributed by atoms with Crippen molar-refractivity contribution in [3.63, 3.8) is 0 Å². The van der Waals surface area contributed by atoms with Crippen molar-refractivity contribution < 1.29 is 14.7 Å². The molecule has 0 bridgehead atoms. The molecule has 0 saturated heterocycles. The third-order valence-corrected chi connectivity index (χ3v) is 2.79. The lowest BCUT2D eigenvalue weighted by Crippen LogP contribution is -2.36. The second kappa shape index (κ2) is 5.91. The summed E-state index contributed by atoms with van der Waals surface area (Å²) in [5.41, 5.74) is 5.99. The molecule has 1 heterocycles. The van der Waals surface area contributed by atoms with E-state index in [1.807, 2.05) is 0 Å². The van der Waals surface area contributed by atoms with Gasteiger partial charge in [-0.15, -0.1) is 0 Å². The number of carbonyl (C=O) groups excluding carboxylic acids is 1. The number of hydrogen-bond acceptors (Lipinski definition) is 4. The first-order valence-corrected chi connectivity index (χ1v) is 6.06. The topological polar surface area (TPSA) is 116 Å². The van der Waals surface area contributed by atoms with Crippen LogP contribution < -0.4 is 16.2 Å². The van der Waals surface area contributed by atoms with Crippen LogP contribution in [0.25, 0.3) is 0 Å². The Kier molecular flexibility index (Phi) is 4.03. The van der Waals surface area contributed by atoms with Gasteiger partial charge in [0.15, 0.2) is 0 Å². The zero-order valence-electron chi connectivity index (χ0n) is 10.9. The number of para-hydroxylation sites is 2. The molecule has 0 atom stereocenters. The maximum atomic E-state index is 12.4. The summed E-state index contributed by atoms with van der Waals surface area (Å²) in [4.78, 5) is 38.1. The third-order valence-electron chi connectivity index (χ3n) is 2.79. The van der Waals surface area contributed by atoms with E-state index in [0.29, 0.717) is 0 Å². The van der Waals surface area contributed by atoms with Gasteiger partial charge in [0.1, 0.15) is 6.54 Å². The number of H-pyrrole nitrogens is 1. The Bertz CT molecular complexity index is 739. The van der Waals surface area contributed by atoms with Crippen molar-refractivity contribution in [2.24, 2.45) is 0 Å². The Morgan fingerprint density at radius 3 is 2.57 bits per heavy atom. The monoisotopic (exact) mass is 287 g/mol. The van der Waals surface area contributed by atoms with Crippen LogP contribution in [0, 0.1) is 0 Å². The summed E-state index contributed by atoms with van der Waals surface area (Å²) in [6, 6.07) is 8.94. The fraction of sp³-hybridized carbons (Fsp3) is 0.0714. The number of anilines is 2. The molecule has 7 nitrogen and oxygen atoms in total. The number of carboxylic acid groups (broad SMARTS) is 1. The number of nitrogens with one attached hydrogen (secondary N) is 1. The minimum absolute atomic E-state index is 0.0863. The SMILES string of the molecule is Nc1ccccc1N(CC(=O)O)C(=O)c1cc[nH]c(=O)c1. The van der Waals surface area contributed by atoms with Crippen molar-refractivity contribution in [2.45, 2.75) is 0 Å². The first-order chi connectivity index (χ1) is 9.99. The molecule has 4 N–H and O–H groups in total. The van der Waals surface area contributed by atoms with E-state index in [4.69, 9.17) is 10.8 Å². The van der Waals surface area contributed by atoms with E-state index in [1.165, 1.54) is 12.3 Å². The van der Waals surface area contributed by atoms with Gasteiger partial charge in [0.2, 0.25) is 5.56 Å². The summed E-state index contributed by atoms with van der Waals surface area (Å²) in [7, 11) is 0. The molecule has 2 rings (SSSR count). The van der Waals surface area contributed by atoms with Crippen LogP contribution in [-0.4, -0.2) is 28.5 Å². The molecule has 1 aromatic carbocycles. The molecule has 1 aromatic heterocycles. The molecule has 0 spiro atoms. The fourth-order valence-corrected chi connectivity index (χ4v) is 1.87. The second-order valence-electron chi connectivity index (χ2n) is 4.29. The number of nitrogens with two attached hydrogens (primary N) is 1. The van der Waals surface area contributed by atoms with Gasteiger partial charge >= 0.3 is 5.97 Å². The predicted octanol–water partition coefficient (Wildman–Crippen LogP) is 0.689. The van der Waals surface area contributed by atoms with Crippen molar-refractivity contribution in [1.82, 2.24) is 4.98 Å². The predicted molar refractivity (Wildman–Crippen MR) is 77.2 cm³/mol. The molecule has 0 saturated carbocycles. The Balaban J connectivity index is 2.46. The van der Waals surface area contributed by atoms with Crippen LogP contribution in [0.1, 0.15) is 10.4 Å². The Morgan fingerprint density at radius 1 is 1.24 bits per heavy atom. The number of nitrogen functional groups attached to an aromatic ring is 1. The van der Waals surface area contributed by atoms with Gasteiger partial charge in [-0.2, -0.15) is 0 Å². The van der Waals surface area contributed by atoms with Crippen LogP contribution in [0.5, 0.6) is 0 Å². The molecule has 21 heavy (non-hydrogen) atoms. The van der Waals surface area contributed by atoms with E-state index in [0.717, 1.165) is 11.0 Å². The lowest BCUT2D eigenvalue weighted by molar-refractivity contribution is -0.135. The number of amides is 1. The van der Waals surface area contributed by atoms with Crippen molar-refractivity contribution >= 4 is 23.3 Å². The maximum absolute atomic E-state index is 12.4. The highest BCUT2D eigenvalue weighted by Crippen LogP contribution is 2.23. The maximum Gasteiger partial charge on any atom is 0.323 e. The first kappa shape index (κ1) is 14.3. The van der Waals surface area contributed by atoms with Gasteiger partial charge in [-0.25, -0.2) is 0 Å². The highest BCUT2D eigenvalue weighted by molar-refractivity contribution is 6.09. The number of aromatic amines is 1. The number of aliphatic carboxylic acids is 1. The molecule has 0 aliphatic heterocycles. The Morgan fingerprint density at radius 2 is 1.95 bits per heavy atom. The zero-order chi connectivity index (χ0) is 15.4. The molecular weight excluding hydrogens is 274 g/mol. The van der Waals surface area contributed by atoms with E-state index in [9.17, 15) is 14.4 Å². The fourth-order valence-electron chi connectivity index (χ4n) is 1.87. The van der Waals surface area contributed by atoms with E-state index >= 15 is 0 Å². The Labute approximate surface area is 119 Å². The van der Waals surface area contributed by atoms with Gasteiger partial charge in [0.25, 0.3) is 5.91 Å². The summed E-state index contributed by atoms with van der Waals surface area (Å²) in [5.74, 6) is -1.79. The van der Waals surface area contributed by atoms with Crippen LogP contribution in [0.4, 0.5) is 11.4 Å². The summed E-state index contributed by atoms with van der Waals surface area (Å²) >= 11 is 0. The van der Waals surface area contributed by atoms with Crippen LogP contribution in [0.3, 0.4) is 0 Å². The van der Waals surface area contributed by atoms with Crippen LogP contribution in [0.15, 0.2) is 47.4 Å². The first-order valence-electron chi connectivity index (χ1n) is 6.06. The molecular formula is C14H13N3O4. The molecule has 0 unspecified atom stereocenters. The van der Waals surface area contributed by atoms with Crippen LogP contribution in [0.2, 0.25) is 0 Å². The van der Waals surface area contributed by atoms with Gasteiger partial charge in [-0.05, 0) is 18.2 Å². The Hall–Kier alpha value is -3.09. The van der Waals surface area contributed by atoms with E-state index in [-0.39, 0.29) is 16.9 Å². The quantitative estimate of drug-likeness (QED) is 0.715. The summed E-state index contributed by atoms with van der Waals surface area (Å²) < 4.78 is 0. The van der Waals surface area contributed by atoms with Gasteiger partial charge in [0, 0.05) is 17.8 Å². The zero-order valence-corrected chi connectivity index (χ0v) is 10.9. The number of rotatable bonds is 4. The molecule has 1 amide bonds. The molecule has 2 aromatic rings. The summed E-state index contributed by atoms with van der Waals surface area (Å²) in [6.07, 6.45) is 1.32. The van der Waals surface area contributed by atoms with Gasteiger partial charge in [-0.3, -0.25) is 19.3 Å². The number of nitrogens with zero attached hydrogens (tertiary/aromatic N) is 1. The number of aromatic nitrogens is 1. The molecule has 0 radical (unpaired) electrons. The summed E-state index contributed by atoms with van der Waals surface area (Å²) in [5, 5.41) is 8.98. The highest BCUT2D eigenvalue weighted by atomic mass is 16.4. The van der Waals surface area contributed by atoms with E-state index in [2.05, 4.69) is 4.98 Å². The lowest BCUT2D eigenvalue weighted by atomic mass is 10.2. The number of carbonyl (C=O) groups is 2. The highest BCUT2D eigenvalue weighted by Gasteiger charge is 2.22.